The van der Waals surface area contributed by atoms with Gasteiger partial charge in [-0.1, -0.05) is 30.3 Å². The average Bonchev–Trinajstić information content (AvgIpc) is 2.96. The summed E-state index contributed by atoms with van der Waals surface area (Å²) in [6.45, 7) is 1.49. The number of hydrogen-bond donors (Lipinski definition) is 1. The summed E-state index contributed by atoms with van der Waals surface area (Å²) in [6, 6.07) is 15.7. The lowest BCUT2D eigenvalue weighted by Crippen LogP contribution is -2.17. The van der Waals surface area contributed by atoms with E-state index in [1.807, 2.05) is 7.05 Å². The van der Waals surface area contributed by atoms with Gasteiger partial charge in [0.05, 0.1) is 19.3 Å². The van der Waals surface area contributed by atoms with Crippen molar-refractivity contribution in [2.24, 2.45) is 0 Å². The van der Waals surface area contributed by atoms with Crippen LogP contribution >= 0.6 is 11.8 Å². The fourth-order valence-corrected chi connectivity index (χ4v) is 3.10. The molecule has 3 rings (SSSR count). The number of thioether (sulfide) groups is 1. The molecular formula is C17H19NOS. The zero-order chi connectivity index (χ0) is 13.9. The van der Waals surface area contributed by atoms with E-state index in [4.69, 9.17) is 4.74 Å². The van der Waals surface area contributed by atoms with Gasteiger partial charge in [0.1, 0.15) is 0 Å². The SMILES string of the molecule is CNC(c1ccc(SC)cc1)c1ccc2c(c1)COC2. The Morgan fingerprint density at radius 2 is 1.70 bits per heavy atom. The van der Waals surface area contributed by atoms with E-state index in [-0.39, 0.29) is 6.04 Å². The molecule has 2 aromatic carbocycles. The summed E-state index contributed by atoms with van der Waals surface area (Å²) in [5, 5.41) is 3.42. The molecule has 0 saturated carbocycles. The van der Waals surface area contributed by atoms with Crippen LogP contribution in [0.1, 0.15) is 28.3 Å². The van der Waals surface area contributed by atoms with Crippen LogP contribution in [-0.4, -0.2) is 13.3 Å². The summed E-state index contributed by atoms with van der Waals surface area (Å²) in [5.41, 5.74) is 5.24. The molecule has 0 fully saturated rings. The highest BCUT2D eigenvalue weighted by Gasteiger charge is 2.16. The summed E-state index contributed by atoms with van der Waals surface area (Å²) in [7, 11) is 2.01. The van der Waals surface area contributed by atoms with Crippen molar-refractivity contribution in [1.29, 1.82) is 0 Å². The van der Waals surface area contributed by atoms with Crippen molar-refractivity contribution in [3.8, 4) is 0 Å². The van der Waals surface area contributed by atoms with Crippen LogP contribution in [0, 0.1) is 0 Å². The van der Waals surface area contributed by atoms with E-state index in [1.54, 1.807) is 11.8 Å². The van der Waals surface area contributed by atoms with Crippen molar-refractivity contribution < 1.29 is 4.74 Å². The van der Waals surface area contributed by atoms with Gasteiger partial charge in [-0.3, -0.25) is 0 Å². The molecule has 2 nitrogen and oxygen atoms in total. The topological polar surface area (TPSA) is 21.3 Å². The molecule has 0 spiro atoms. The Morgan fingerprint density at radius 3 is 2.40 bits per heavy atom. The lowest BCUT2D eigenvalue weighted by atomic mass is 9.96. The molecule has 0 bridgehead atoms. The molecule has 0 aliphatic carbocycles. The zero-order valence-electron chi connectivity index (χ0n) is 11.8. The summed E-state index contributed by atoms with van der Waals surface area (Å²) >= 11 is 1.77. The highest BCUT2D eigenvalue weighted by molar-refractivity contribution is 7.98. The number of fused-ring (bicyclic) bond motifs is 1. The molecule has 0 saturated heterocycles. The highest BCUT2D eigenvalue weighted by atomic mass is 32.2. The lowest BCUT2D eigenvalue weighted by Gasteiger charge is -2.18. The normalized spacial score (nSPS) is 15.1. The Labute approximate surface area is 124 Å². The van der Waals surface area contributed by atoms with Crippen molar-refractivity contribution in [2.45, 2.75) is 24.2 Å². The second kappa shape index (κ2) is 6.00. The van der Waals surface area contributed by atoms with Crippen molar-refractivity contribution in [3.05, 3.63) is 64.7 Å². The molecule has 1 atom stereocenters. The molecule has 1 aliphatic heterocycles. The second-order valence-electron chi connectivity index (χ2n) is 5.02. The van der Waals surface area contributed by atoms with Gasteiger partial charge in [-0.15, -0.1) is 11.8 Å². The first-order chi connectivity index (χ1) is 9.81. The van der Waals surface area contributed by atoms with Crippen LogP contribution in [0.3, 0.4) is 0 Å². The largest absolute Gasteiger partial charge is 0.372 e. The Bertz CT molecular complexity index is 594. The Morgan fingerprint density at radius 1 is 1.00 bits per heavy atom. The van der Waals surface area contributed by atoms with Crippen molar-refractivity contribution >= 4 is 11.8 Å². The molecule has 1 unspecified atom stereocenters. The maximum absolute atomic E-state index is 5.50. The summed E-state index contributed by atoms with van der Waals surface area (Å²) in [6.07, 6.45) is 2.10. The molecule has 1 heterocycles. The van der Waals surface area contributed by atoms with Crippen LogP contribution in [0.15, 0.2) is 47.4 Å². The van der Waals surface area contributed by atoms with E-state index in [9.17, 15) is 0 Å². The summed E-state index contributed by atoms with van der Waals surface area (Å²) < 4.78 is 5.50. The van der Waals surface area contributed by atoms with E-state index in [0.717, 1.165) is 13.2 Å². The van der Waals surface area contributed by atoms with Crippen LogP contribution in [0.4, 0.5) is 0 Å². The molecular weight excluding hydrogens is 266 g/mol. The fourth-order valence-electron chi connectivity index (χ4n) is 2.69. The standard InChI is InChI=1S/C17H19NOS/c1-18-17(12-5-7-16(20-2)8-6-12)13-3-4-14-10-19-11-15(14)9-13/h3-9,17-18H,10-11H2,1-2H3. The summed E-state index contributed by atoms with van der Waals surface area (Å²) in [5.74, 6) is 0. The Balaban J connectivity index is 1.92. The predicted molar refractivity (Wildman–Crippen MR) is 84.1 cm³/mol. The first-order valence-electron chi connectivity index (χ1n) is 6.82. The number of nitrogens with one attached hydrogen (secondary N) is 1. The smallest absolute Gasteiger partial charge is 0.0725 e. The van der Waals surface area contributed by atoms with Gasteiger partial charge >= 0.3 is 0 Å². The highest BCUT2D eigenvalue weighted by Crippen LogP contribution is 2.28. The van der Waals surface area contributed by atoms with Gasteiger partial charge < -0.3 is 10.1 Å². The first kappa shape index (κ1) is 13.7. The molecule has 1 N–H and O–H groups in total. The van der Waals surface area contributed by atoms with E-state index in [2.05, 4.69) is 54.0 Å². The minimum Gasteiger partial charge on any atom is -0.372 e. The van der Waals surface area contributed by atoms with E-state index < -0.39 is 0 Å². The monoisotopic (exact) mass is 285 g/mol. The molecule has 104 valence electrons. The second-order valence-corrected chi connectivity index (χ2v) is 5.90. The van der Waals surface area contributed by atoms with Crippen molar-refractivity contribution in [3.63, 3.8) is 0 Å². The van der Waals surface area contributed by atoms with Crippen LogP contribution in [0.2, 0.25) is 0 Å². The maximum Gasteiger partial charge on any atom is 0.0725 e. The van der Waals surface area contributed by atoms with Gasteiger partial charge in [0.15, 0.2) is 0 Å². The Kier molecular flexibility index (Phi) is 4.10. The van der Waals surface area contributed by atoms with Gasteiger partial charge in [-0.05, 0) is 47.7 Å². The minimum absolute atomic E-state index is 0.233. The zero-order valence-corrected chi connectivity index (χ0v) is 12.7. The Hall–Kier alpha value is -1.29. The fraction of sp³-hybridized carbons (Fsp3) is 0.294. The van der Waals surface area contributed by atoms with Crippen LogP contribution in [0.5, 0.6) is 0 Å². The van der Waals surface area contributed by atoms with Crippen LogP contribution in [-0.2, 0) is 18.0 Å². The third-order valence-electron chi connectivity index (χ3n) is 3.82. The van der Waals surface area contributed by atoms with Gasteiger partial charge in [0.25, 0.3) is 0 Å². The van der Waals surface area contributed by atoms with Crippen LogP contribution < -0.4 is 5.32 Å². The third-order valence-corrected chi connectivity index (χ3v) is 4.56. The lowest BCUT2D eigenvalue weighted by molar-refractivity contribution is 0.134. The maximum atomic E-state index is 5.50. The van der Waals surface area contributed by atoms with Crippen LogP contribution in [0.25, 0.3) is 0 Å². The molecule has 0 aromatic heterocycles. The van der Waals surface area contributed by atoms with E-state index in [1.165, 1.54) is 27.1 Å². The third kappa shape index (κ3) is 2.62. The van der Waals surface area contributed by atoms with Gasteiger partial charge in [-0.2, -0.15) is 0 Å². The molecule has 2 aromatic rings. The predicted octanol–water partition coefficient (Wildman–Crippen LogP) is 3.75. The van der Waals surface area contributed by atoms with Gasteiger partial charge in [0.2, 0.25) is 0 Å². The van der Waals surface area contributed by atoms with Crippen molar-refractivity contribution in [1.82, 2.24) is 5.32 Å². The quantitative estimate of drug-likeness (QED) is 0.865. The van der Waals surface area contributed by atoms with Gasteiger partial charge in [0, 0.05) is 4.90 Å². The molecule has 0 amide bonds. The number of benzene rings is 2. The number of rotatable bonds is 4. The van der Waals surface area contributed by atoms with E-state index >= 15 is 0 Å². The number of hydrogen-bond acceptors (Lipinski definition) is 3. The molecule has 0 radical (unpaired) electrons. The van der Waals surface area contributed by atoms with Crippen molar-refractivity contribution in [2.75, 3.05) is 13.3 Å². The first-order valence-corrected chi connectivity index (χ1v) is 8.05. The van der Waals surface area contributed by atoms with Gasteiger partial charge in [-0.25, -0.2) is 0 Å². The molecule has 3 heteroatoms. The molecule has 20 heavy (non-hydrogen) atoms. The minimum atomic E-state index is 0.233. The number of ether oxygens (including phenoxy) is 1. The summed E-state index contributed by atoms with van der Waals surface area (Å²) in [4.78, 5) is 1.30. The van der Waals surface area contributed by atoms with E-state index in [0.29, 0.717) is 0 Å². The molecule has 1 aliphatic rings. The average molecular weight is 285 g/mol.